The van der Waals surface area contributed by atoms with Gasteiger partial charge in [-0.25, -0.2) is 0 Å². The second-order valence-corrected chi connectivity index (χ2v) is 20.4. The molecule has 9 nitrogen and oxygen atoms in total. The summed E-state index contributed by atoms with van der Waals surface area (Å²) in [6, 6.07) is -0.820. The fourth-order valence-corrected chi connectivity index (χ4v) is 9.29. The van der Waals surface area contributed by atoms with Gasteiger partial charge in [-0.05, 0) is 57.8 Å². The molecule has 0 aromatic rings. The Bertz CT molecular complexity index is 1160. The number of unbranched alkanes of at least 4 members (excludes halogenated alkanes) is 36. The van der Waals surface area contributed by atoms with Crippen molar-refractivity contribution in [3.63, 3.8) is 0 Å². The third kappa shape index (κ3) is 38.1. The topological polar surface area (TPSA) is 149 Å². The number of aliphatic hydroxyl groups is 5. The van der Waals surface area contributed by atoms with Crippen LogP contribution in [-0.4, -0.2) is 87.5 Å². The van der Waals surface area contributed by atoms with Gasteiger partial charge in [0.25, 0.3) is 0 Å². The van der Waals surface area contributed by atoms with Gasteiger partial charge in [-0.15, -0.1) is 0 Å². The molecule has 68 heavy (non-hydrogen) atoms. The zero-order valence-corrected chi connectivity index (χ0v) is 44.4. The minimum absolute atomic E-state index is 0.183. The molecule has 1 rings (SSSR count). The molecular weight excluding hydrogens is 851 g/mol. The normalized spacial score (nSPS) is 19.8. The third-order valence-electron chi connectivity index (χ3n) is 13.9. The van der Waals surface area contributed by atoms with Crippen LogP contribution in [0.3, 0.4) is 0 Å². The van der Waals surface area contributed by atoms with Crippen molar-refractivity contribution in [2.24, 2.45) is 0 Å². The van der Waals surface area contributed by atoms with Crippen LogP contribution >= 0.6 is 0 Å². The monoisotopic (exact) mass is 962 g/mol. The number of nitrogens with one attached hydrogen (secondary N) is 1. The Balaban J connectivity index is 2.21. The van der Waals surface area contributed by atoms with Crippen molar-refractivity contribution in [3.05, 3.63) is 36.5 Å². The molecule has 0 radical (unpaired) electrons. The van der Waals surface area contributed by atoms with Crippen LogP contribution in [0.25, 0.3) is 0 Å². The van der Waals surface area contributed by atoms with Gasteiger partial charge in [0.05, 0.1) is 25.4 Å². The molecule has 9 heteroatoms. The number of ether oxygens (including phenoxy) is 2. The van der Waals surface area contributed by atoms with Crippen LogP contribution in [0.1, 0.15) is 277 Å². The number of hydrogen-bond acceptors (Lipinski definition) is 8. The van der Waals surface area contributed by atoms with E-state index in [1.54, 1.807) is 6.08 Å². The average Bonchev–Trinajstić information content (AvgIpc) is 3.34. The highest BCUT2D eigenvalue weighted by Gasteiger charge is 2.44. The smallest absolute Gasteiger partial charge is 0.220 e. The van der Waals surface area contributed by atoms with E-state index in [0.29, 0.717) is 6.42 Å². The molecule has 0 saturated carbocycles. The molecule has 0 aliphatic carbocycles. The SMILES string of the molecule is CCCCCCCCCC/C=C\CCCCCCCCCCCCCCCCCC(=O)NC(COC1OC(CO)C(O)C(O)C1O)C(O)/C=C/CC/C=C/CCCCCCCCCCCCCC. The summed E-state index contributed by atoms with van der Waals surface area (Å²) >= 11 is 0. The van der Waals surface area contributed by atoms with Gasteiger partial charge in [0.15, 0.2) is 6.29 Å². The molecule has 0 bridgehead atoms. The molecule has 0 aromatic heterocycles. The maximum Gasteiger partial charge on any atom is 0.220 e. The highest BCUT2D eigenvalue weighted by Crippen LogP contribution is 2.23. The van der Waals surface area contributed by atoms with E-state index >= 15 is 0 Å². The van der Waals surface area contributed by atoms with Crippen LogP contribution in [0, 0.1) is 0 Å². The first-order valence-corrected chi connectivity index (χ1v) is 29.2. The van der Waals surface area contributed by atoms with Gasteiger partial charge in [-0.3, -0.25) is 4.79 Å². The summed E-state index contributed by atoms with van der Waals surface area (Å²) in [6.07, 6.45) is 56.4. The lowest BCUT2D eigenvalue weighted by atomic mass is 9.99. The molecule has 6 N–H and O–H groups in total. The van der Waals surface area contributed by atoms with Gasteiger partial charge in [0, 0.05) is 6.42 Å². The number of amides is 1. The first kappa shape index (κ1) is 64.4. The predicted molar refractivity (Wildman–Crippen MR) is 286 cm³/mol. The summed E-state index contributed by atoms with van der Waals surface area (Å²) in [6.45, 7) is 3.79. The van der Waals surface area contributed by atoms with Crippen LogP contribution in [0.2, 0.25) is 0 Å². The van der Waals surface area contributed by atoms with Crippen LogP contribution in [0.4, 0.5) is 0 Å². The van der Waals surface area contributed by atoms with Gasteiger partial charge < -0.3 is 40.3 Å². The van der Waals surface area contributed by atoms with E-state index in [9.17, 15) is 30.3 Å². The lowest BCUT2D eigenvalue weighted by Crippen LogP contribution is -2.60. The molecule has 0 spiro atoms. The molecule has 1 saturated heterocycles. The first-order valence-electron chi connectivity index (χ1n) is 29.2. The van der Waals surface area contributed by atoms with Crippen molar-refractivity contribution in [3.8, 4) is 0 Å². The number of aliphatic hydroxyl groups excluding tert-OH is 5. The van der Waals surface area contributed by atoms with Crippen LogP contribution < -0.4 is 5.32 Å². The van der Waals surface area contributed by atoms with E-state index in [4.69, 9.17) is 9.47 Å². The fraction of sp³-hybridized carbons (Fsp3) is 0.881. The molecule has 1 fully saturated rings. The van der Waals surface area contributed by atoms with Gasteiger partial charge in [0.2, 0.25) is 5.91 Å². The van der Waals surface area contributed by atoms with E-state index in [1.165, 1.54) is 218 Å². The number of hydrogen-bond donors (Lipinski definition) is 6. The number of carbonyl (C=O) groups is 1. The molecule has 0 aromatic carbocycles. The fourth-order valence-electron chi connectivity index (χ4n) is 9.29. The Kier molecular flexibility index (Phi) is 46.4. The maximum atomic E-state index is 13.1. The highest BCUT2D eigenvalue weighted by atomic mass is 16.7. The Morgan fingerprint density at radius 3 is 1.24 bits per heavy atom. The summed E-state index contributed by atoms with van der Waals surface area (Å²) in [4.78, 5) is 13.1. The Hall–Kier alpha value is -1.59. The van der Waals surface area contributed by atoms with Gasteiger partial charge in [-0.1, -0.05) is 249 Å². The first-order chi connectivity index (χ1) is 33.3. The van der Waals surface area contributed by atoms with Crippen molar-refractivity contribution in [2.45, 2.75) is 320 Å². The summed E-state index contributed by atoms with van der Waals surface area (Å²) in [5.74, 6) is -0.183. The van der Waals surface area contributed by atoms with Gasteiger partial charge in [-0.2, -0.15) is 0 Å². The van der Waals surface area contributed by atoms with E-state index in [-0.39, 0.29) is 12.5 Å². The minimum Gasteiger partial charge on any atom is -0.394 e. The largest absolute Gasteiger partial charge is 0.394 e. The molecule has 400 valence electrons. The van der Waals surface area contributed by atoms with Gasteiger partial charge in [0.1, 0.15) is 24.4 Å². The molecule has 1 aliphatic heterocycles. The molecule has 1 heterocycles. The quantitative estimate of drug-likeness (QED) is 0.0261. The van der Waals surface area contributed by atoms with E-state index in [0.717, 1.165) is 38.5 Å². The summed E-state index contributed by atoms with van der Waals surface area (Å²) < 4.78 is 11.3. The van der Waals surface area contributed by atoms with Crippen LogP contribution in [0.5, 0.6) is 0 Å². The average molecular weight is 963 g/mol. The Morgan fingerprint density at radius 2 is 0.838 bits per heavy atom. The molecule has 1 aliphatic rings. The highest BCUT2D eigenvalue weighted by molar-refractivity contribution is 5.76. The zero-order valence-electron chi connectivity index (χ0n) is 44.4. The summed E-state index contributed by atoms with van der Waals surface area (Å²) in [5.41, 5.74) is 0. The van der Waals surface area contributed by atoms with E-state index in [2.05, 4.69) is 43.5 Å². The second-order valence-electron chi connectivity index (χ2n) is 20.4. The molecule has 1 amide bonds. The van der Waals surface area contributed by atoms with Crippen LogP contribution in [0.15, 0.2) is 36.5 Å². The number of rotatable bonds is 50. The summed E-state index contributed by atoms with van der Waals surface area (Å²) in [5, 5.41) is 54.5. The second kappa shape index (κ2) is 49.0. The van der Waals surface area contributed by atoms with Crippen molar-refractivity contribution < 1.29 is 39.8 Å². The van der Waals surface area contributed by atoms with Crippen molar-refractivity contribution in [2.75, 3.05) is 13.2 Å². The van der Waals surface area contributed by atoms with Crippen molar-refractivity contribution in [1.82, 2.24) is 5.32 Å². The van der Waals surface area contributed by atoms with E-state index < -0.39 is 49.5 Å². The molecule has 7 atom stereocenters. The lowest BCUT2D eigenvalue weighted by molar-refractivity contribution is -0.302. The Labute approximate surface area is 419 Å². The Morgan fingerprint density at radius 1 is 0.485 bits per heavy atom. The lowest BCUT2D eigenvalue weighted by Gasteiger charge is -2.40. The van der Waals surface area contributed by atoms with Gasteiger partial charge >= 0.3 is 0 Å². The standard InChI is InChI=1S/C59H111NO8/c1-3-5-7-9-11-13-15-17-19-21-23-24-25-26-27-28-29-30-31-33-35-37-39-41-43-45-47-49-55(63)60-52(51-67-59-58(66)57(65)56(64)54(50-61)68-59)53(62)48-46-44-42-40-38-36-34-32-22-20-18-16-14-12-10-8-6-4-2/h21,23,38,40,46,48,52-54,56-59,61-62,64-66H,3-20,22,24-37,39,41-45,47,49-51H2,1-2H3,(H,60,63)/b23-21-,40-38+,48-46+. The molecule has 7 unspecified atom stereocenters. The number of allylic oxidation sites excluding steroid dienone is 5. The maximum absolute atomic E-state index is 13.1. The van der Waals surface area contributed by atoms with E-state index in [1.807, 2.05) is 6.08 Å². The predicted octanol–water partition coefficient (Wildman–Crippen LogP) is 14.4. The van der Waals surface area contributed by atoms with Crippen LogP contribution in [-0.2, 0) is 14.3 Å². The number of carbonyl (C=O) groups excluding carboxylic acids is 1. The third-order valence-corrected chi connectivity index (χ3v) is 13.9. The van der Waals surface area contributed by atoms with Crippen molar-refractivity contribution >= 4 is 5.91 Å². The summed E-state index contributed by atoms with van der Waals surface area (Å²) in [7, 11) is 0. The van der Waals surface area contributed by atoms with Crippen molar-refractivity contribution in [1.29, 1.82) is 0 Å². The molecular formula is C59H111NO8. The minimum atomic E-state index is -1.57. The zero-order chi connectivity index (χ0) is 49.4.